The quantitative estimate of drug-likeness (QED) is 0.815. The van der Waals surface area contributed by atoms with E-state index in [-0.39, 0.29) is 5.41 Å². The summed E-state index contributed by atoms with van der Waals surface area (Å²) in [7, 11) is 0. The molecule has 2 rings (SSSR count). The number of benzene rings is 1. The summed E-state index contributed by atoms with van der Waals surface area (Å²) in [6.45, 7) is 9.80. The summed E-state index contributed by atoms with van der Waals surface area (Å²) in [5.41, 5.74) is 4.61. The molecule has 0 saturated heterocycles. The van der Waals surface area contributed by atoms with Crippen molar-refractivity contribution in [2.45, 2.75) is 39.5 Å². The largest absolute Gasteiger partial charge is 0.384 e. The van der Waals surface area contributed by atoms with Gasteiger partial charge in [0.15, 0.2) is 0 Å². The number of hydrogen-bond donors (Lipinski definition) is 2. The zero-order chi connectivity index (χ0) is 15.3. The fraction of sp³-hybridized carbons (Fsp3) is 0.389. The van der Waals surface area contributed by atoms with E-state index in [0.717, 1.165) is 30.0 Å². The minimum atomic E-state index is 0.106. The normalized spacial score (nSPS) is 11.2. The molecule has 3 heteroatoms. The Morgan fingerprint density at radius 3 is 2.48 bits per heavy atom. The third-order valence-electron chi connectivity index (χ3n) is 3.33. The van der Waals surface area contributed by atoms with Crippen molar-refractivity contribution in [2.24, 2.45) is 0 Å². The zero-order valence-corrected chi connectivity index (χ0v) is 13.4. The number of nitrogens with zero attached hydrogens (tertiary/aromatic N) is 1. The number of pyridine rings is 1. The monoisotopic (exact) mass is 283 g/mol. The van der Waals surface area contributed by atoms with Crippen LogP contribution in [-0.2, 0) is 5.41 Å². The maximum Gasteiger partial charge on any atom is 0.0591 e. The molecule has 1 aromatic heterocycles. The third-order valence-corrected chi connectivity index (χ3v) is 3.33. The zero-order valence-electron chi connectivity index (χ0n) is 13.4. The molecule has 0 bridgehead atoms. The highest BCUT2D eigenvalue weighted by Gasteiger charge is 2.17. The van der Waals surface area contributed by atoms with Crippen molar-refractivity contribution in [2.75, 3.05) is 17.2 Å². The molecular formula is C18H25N3. The Morgan fingerprint density at radius 2 is 1.76 bits per heavy atom. The predicted octanol–water partition coefficient (Wildman–Crippen LogP) is 4.94. The minimum Gasteiger partial charge on any atom is -0.384 e. The Balaban J connectivity index is 2.23. The van der Waals surface area contributed by atoms with Gasteiger partial charge in [0.2, 0.25) is 0 Å². The van der Waals surface area contributed by atoms with Gasteiger partial charge in [0.05, 0.1) is 23.8 Å². The van der Waals surface area contributed by atoms with Crippen LogP contribution in [0.25, 0.3) is 0 Å². The molecular weight excluding hydrogens is 258 g/mol. The van der Waals surface area contributed by atoms with Gasteiger partial charge in [0.25, 0.3) is 0 Å². The molecule has 0 saturated carbocycles. The van der Waals surface area contributed by atoms with Gasteiger partial charge in [-0.2, -0.15) is 0 Å². The lowest BCUT2D eigenvalue weighted by molar-refractivity contribution is 0.592. The molecule has 0 aliphatic heterocycles. The summed E-state index contributed by atoms with van der Waals surface area (Å²) in [5.74, 6) is 0. The predicted molar refractivity (Wildman–Crippen MR) is 91.4 cm³/mol. The van der Waals surface area contributed by atoms with Crippen molar-refractivity contribution < 1.29 is 0 Å². The van der Waals surface area contributed by atoms with Crippen molar-refractivity contribution in [3.05, 3.63) is 48.3 Å². The van der Waals surface area contributed by atoms with Crippen LogP contribution < -0.4 is 10.6 Å². The summed E-state index contributed by atoms with van der Waals surface area (Å²) in [4.78, 5) is 4.30. The molecule has 0 radical (unpaired) electrons. The molecule has 1 aromatic carbocycles. The molecule has 0 aliphatic carbocycles. The Hall–Kier alpha value is -2.03. The van der Waals surface area contributed by atoms with Gasteiger partial charge in [-0.25, -0.2) is 0 Å². The average Bonchev–Trinajstić information content (AvgIpc) is 2.45. The van der Waals surface area contributed by atoms with Crippen molar-refractivity contribution in [3.63, 3.8) is 0 Å². The van der Waals surface area contributed by atoms with Crippen LogP contribution in [0.2, 0.25) is 0 Å². The number of aromatic nitrogens is 1. The first-order valence-corrected chi connectivity index (χ1v) is 7.56. The van der Waals surface area contributed by atoms with E-state index in [0.29, 0.717) is 0 Å². The first-order valence-electron chi connectivity index (χ1n) is 7.56. The second kappa shape index (κ2) is 6.61. The third kappa shape index (κ3) is 4.22. The lowest BCUT2D eigenvalue weighted by Gasteiger charge is -2.23. The second-order valence-corrected chi connectivity index (χ2v) is 6.31. The van der Waals surface area contributed by atoms with Gasteiger partial charge in [-0.05, 0) is 29.5 Å². The maximum absolute atomic E-state index is 4.30. The van der Waals surface area contributed by atoms with Crippen molar-refractivity contribution in [3.8, 4) is 0 Å². The van der Waals surface area contributed by atoms with Crippen LogP contribution in [0.5, 0.6) is 0 Å². The summed E-state index contributed by atoms with van der Waals surface area (Å²) >= 11 is 0. The smallest absolute Gasteiger partial charge is 0.0591 e. The molecule has 3 nitrogen and oxygen atoms in total. The highest BCUT2D eigenvalue weighted by atomic mass is 14.9. The van der Waals surface area contributed by atoms with Crippen LogP contribution in [0.3, 0.4) is 0 Å². The number of rotatable bonds is 5. The number of nitrogens with one attached hydrogen (secondary N) is 2. The van der Waals surface area contributed by atoms with E-state index in [9.17, 15) is 0 Å². The van der Waals surface area contributed by atoms with Crippen molar-refractivity contribution in [1.82, 2.24) is 4.98 Å². The molecule has 0 aliphatic rings. The van der Waals surface area contributed by atoms with Gasteiger partial charge in [-0.3, -0.25) is 4.98 Å². The molecule has 2 N–H and O–H groups in total. The van der Waals surface area contributed by atoms with E-state index < -0.39 is 0 Å². The summed E-state index contributed by atoms with van der Waals surface area (Å²) in [5, 5.41) is 6.86. The number of para-hydroxylation sites is 1. The van der Waals surface area contributed by atoms with Gasteiger partial charge < -0.3 is 10.6 Å². The molecule has 0 atom stereocenters. The van der Waals surface area contributed by atoms with Gasteiger partial charge in [0.1, 0.15) is 0 Å². The summed E-state index contributed by atoms with van der Waals surface area (Å²) in [6, 6.07) is 10.5. The molecule has 0 unspecified atom stereocenters. The van der Waals surface area contributed by atoms with Crippen molar-refractivity contribution >= 4 is 17.1 Å². The van der Waals surface area contributed by atoms with E-state index in [4.69, 9.17) is 0 Å². The maximum atomic E-state index is 4.30. The van der Waals surface area contributed by atoms with Gasteiger partial charge in [-0.1, -0.05) is 45.9 Å². The molecule has 0 amide bonds. The second-order valence-electron chi connectivity index (χ2n) is 6.31. The molecule has 2 aromatic rings. The molecule has 0 fully saturated rings. The van der Waals surface area contributed by atoms with Crippen LogP contribution >= 0.6 is 0 Å². The Labute approximate surface area is 127 Å². The number of anilines is 3. The van der Waals surface area contributed by atoms with E-state index in [1.54, 1.807) is 0 Å². The minimum absolute atomic E-state index is 0.106. The van der Waals surface area contributed by atoms with Gasteiger partial charge >= 0.3 is 0 Å². The summed E-state index contributed by atoms with van der Waals surface area (Å²) in [6.07, 6.45) is 4.82. The van der Waals surface area contributed by atoms with E-state index in [2.05, 4.69) is 73.6 Å². The molecule has 0 spiro atoms. The van der Waals surface area contributed by atoms with Gasteiger partial charge in [-0.15, -0.1) is 0 Å². The Morgan fingerprint density at radius 1 is 1.05 bits per heavy atom. The van der Waals surface area contributed by atoms with Crippen LogP contribution in [0.4, 0.5) is 17.1 Å². The molecule has 112 valence electrons. The standard InChI is InChI=1S/C18H25N3/c1-5-10-20-14-11-15(13-19-12-14)21-17-9-7-6-8-16(17)18(2,3)4/h6-9,11-13,20-21H,5,10H2,1-4H3. The fourth-order valence-electron chi connectivity index (χ4n) is 2.28. The van der Waals surface area contributed by atoms with Crippen LogP contribution in [0.15, 0.2) is 42.7 Å². The van der Waals surface area contributed by atoms with Crippen LogP contribution in [0, 0.1) is 0 Å². The van der Waals surface area contributed by atoms with E-state index in [1.807, 2.05) is 12.4 Å². The lowest BCUT2D eigenvalue weighted by Crippen LogP contribution is -2.13. The van der Waals surface area contributed by atoms with Gasteiger partial charge in [0, 0.05) is 12.2 Å². The highest BCUT2D eigenvalue weighted by Crippen LogP contribution is 2.31. The molecule has 21 heavy (non-hydrogen) atoms. The Kier molecular flexibility index (Phi) is 4.84. The first-order chi connectivity index (χ1) is 10.0. The molecule has 1 heterocycles. The lowest BCUT2D eigenvalue weighted by atomic mass is 9.86. The first kappa shape index (κ1) is 15.4. The van der Waals surface area contributed by atoms with Crippen LogP contribution in [-0.4, -0.2) is 11.5 Å². The van der Waals surface area contributed by atoms with Crippen LogP contribution in [0.1, 0.15) is 39.7 Å². The Bertz CT molecular complexity index is 585. The van der Waals surface area contributed by atoms with E-state index >= 15 is 0 Å². The topological polar surface area (TPSA) is 37.0 Å². The summed E-state index contributed by atoms with van der Waals surface area (Å²) < 4.78 is 0. The highest BCUT2D eigenvalue weighted by molar-refractivity contribution is 5.66. The average molecular weight is 283 g/mol. The number of hydrogen-bond acceptors (Lipinski definition) is 3. The van der Waals surface area contributed by atoms with E-state index in [1.165, 1.54) is 5.56 Å². The van der Waals surface area contributed by atoms with Crippen molar-refractivity contribution in [1.29, 1.82) is 0 Å². The fourth-order valence-corrected chi connectivity index (χ4v) is 2.28. The SMILES string of the molecule is CCCNc1cncc(Nc2ccccc2C(C)(C)C)c1.